The van der Waals surface area contributed by atoms with E-state index in [0.29, 0.717) is 21.8 Å². The fourth-order valence-electron chi connectivity index (χ4n) is 2.39. The SMILES string of the molecule is N#CN/C(=N\C(NC(=O)c1ccc(Cl)cc1)c1cccnc1)Nc1cccnc1. The molecule has 1 aromatic carbocycles. The lowest BCUT2D eigenvalue weighted by molar-refractivity contribution is 0.0938. The molecular weight excluding hydrogens is 390 g/mol. The van der Waals surface area contributed by atoms with Gasteiger partial charge in [0.1, 0.15) is 0 Å². The number of benzene rings is 1. The van der Waals surface area contributed by atoms with Crippen molar-refractivity contribution in [2.24, 2.45) is 4.99 Å². The second-order valence-electron chi connectivity index (χ2n) is 5.75. The van der Waals surface area contributed by atoms with Crippen LogP contribution in [0.5, 0.6) is 0 Å². The zero-order chi connectivity index (χ0) is 20.5. The number of anilines is 1. The Morgan fingerprint density at radius 1 is 1.07 bits per heavy atom. The lowest BCUT2D eigenvalue weighted by Crippen LogP contribution is -2.33. The number of nitrogens with one attached hydrogen (secondary N) is 3. The first-order chi connectivity index (χ1) is 14.2. The maximum atomic E-state index is 12.7. The number of halogens is 1. The van der Waals surface area contributed by atoms with Crippen molar-refractivity contribution in [1.82, 2.24) is 20.6 Å². The Hall–Kier alpha value is -3.96. The molecule has 2 aromatic heterocycles. The molecular formula is C20H16ClN7O. The Balaban J connectivity index is 1.89. The molecule has 0 radical (unpaired) electrons. The number of pyridine rings is 2. The van der Waals surface area contributed by atoms with Crippen molar-refractivity contribution in [3.05, 3.63) is 89.5 Å². The van der Waals surface area contributed by atoms with E-state index in [1.807, 2.05) is 6.19 Å². The summed E-state index contributed by atoms with van der Waals surface area (Å²) in [5.74, 6) is -0.206. The van der Waals surface area contributed by atoms with E-state index in [-0.39, 0.29) is 11.9 Å². The molecule has 144 valence electrons. The van der Waals surface area contributed by atoms with Crippen molar-refractivity contribution in [3.63, 3.8) is 0 Å². The number of guanidine groups is 1. The van der Waals surface area contributed by atoms with Crippen molar-refractivity contribution in [3.8, 4) is 6.19 Å². The van der Waals surface area contributed by atoms with Crippen LogP contribution in [0.25, 0.3) is 0 Å². The minimum Gasteiger partial charge on any atom is -0.326 e. The van der Waals surface area contributed by atoms with Crippen molar-refractivity contribution in [2.75, 3.05) is 5.32 Å². The molecule has 9 heteroatoms. The quantitative estimate of drug-likeness (QED) is 0.260. The van der Waals surface area contributed by atoms with Gasteiger partial charge in [-0.15, -0.1) is 0 Å². The van der Waals surface area contributed by atoms with E-state index >= 15 is 0 Å². The molecule has 3 rings (SSSR count). The van der Waals surface area contributed by atoms with Gasteiger partial charge < -0.3 is 10.6 Å². The predicted octanol–water partition coefficient (Wildman–Crippen LogP) is 3.10. The summed E-state index contributed by atoms with van der Waals surface area (Å²) >= 11 is 5.88. The first kappa shape index (κ1) is 19.8. The summed E-state index contributed by atoms with van der Waals surface area (Å²) in [6.07, 6.45) is 7.45. The zero-order valence-corrected chi connectivity index (χ0v) is 15.8. The highest BCUT2D eigenvalue weighted by Gasteiger charge is 2.16. The normalized spacial score (nSPS) is 11.8. The van der Waals surface area contributed by atoms with Gasteiger partial charge in [0, 0.05) is 34.7 Å². The highest BCUT2D eigenvalue weighted by atomic mass is 35.5. The third kappa shape index (κ3) is 5.76. The summed E-state index contributed by atoms with van der Waals surface area (Å²) in [6.45, 7) is 0. The zero-order valence-electron chi connectivity index (χ0n) is 15.1. The smallest absolute Gasteiger partial charge is 0.253 e. The molecule has 0 aliphatic rings. The first-order valence-corrected chi connectivity index (χ1v) is 8.90. The molecule has 0 spiro atoms. The monoisotopic (exact) mass is 405 g/mol. The maximum absolute atomic E-state index is 12.7. The number of carbonyl (C=O) groups excluding carboxylic acids is 1. The lowest BCUT2D eigenvalue weighted by Gasteiger charge is -2.17. The number of carbonyl (C=O) groups is 1. The van der Waals surface area contributed by atoms with Gasteiger partial charge in [-0.3, -0.25) is 20.1 Å². The number of hydrogen-bond acceptors (Lipinski definition) is 5. The van der Waals surface area contributed by atoms with Crippen LogP contribution >= 0.6 is 11.6 Å². The Kier molecular flexibility index (Phi) is 6.71. The molecule has 8 nitrogen and oxygen atoms in total. The van der Waals surface area contributed by atoms with Crippen LogP contribution in [0.1, 0.15) is 22.1 Å². The third-order valence-corrected chi connectivity index (χ3v) is 3.98. The number of nitriles is 1. The third-order valence-electron chi connectivity index (χ3n) is 3.73. The minimum atomic E-state index is -0.799. The highest BCUT2D eigenvalue weighted by Crippen LogP contribution is 2.16. The summed E-state index contributed by atoms with van der Waals surface area (Å²) in [5.41, 5.74) is 1.69. The van der Waals surface area contributed by atoms with E-state index in [4.69, 9.17) is 16.9 Å². The molecule has 0 saturated carbocycles. The summed E-state index contributed by atoms with van der Waals surface area (Å²) in [5, 5.41) is 17.9. The van der Waals surface area contributed by atoms with E-state index in [1.165, 1.54) is 0 Å². The van der Waals surface area contributed by atoms with Gasteiger partial charge in [0.15, 0.2) is 12.4 Å². The van der Waals surface area contributed by atoms with Crippen molar-refractivity contribution < 1.29 is 4.79 Å². The fourth-order valence-corrected chi connectivity index (χ4v) is 2.51. The molecule has 3 N–H and O–H groups in total. The average molecular weight is 406 g/mol. The van der Waals surface area contributed by atoms with Crippen molar-refractivity contribution in [1.29, 1.82) is 5.26 Å². The number of rotatable bonds is 5. The van der Waals surface area contributed by atoms with Gasteiger partial charge in [-0.1, -0.05) is 17.7 Å². The van der Waals surface area contributed by atoms with Gasteiger partial charge in [-0.2, -0.15) is 5.26 Å². The van der Waals surface area contributed by atoms with Gasteiger partial charge in [-0.05, 0) is 42.5 Å². The molecule has 0 bridgehead atoms. The van der Waals surface area contributed by atoms with E-state index in [1.54, 1.807) is 73.3 Å². The standard InChI is InChI=1S/C20H16ClN7O/c21-16-7-5-14(6-8-16)19(29)27-18(15-3-1-9-23-11-15)28-20(25-13-22)26-17-4-2-10-24-12-17/h1-12,18H,(H,27,29)(H2,25,26,28). The Morgan fingerprint density at radius 3 is 2.41 bits per heavy atom. The van der Waals surface area contributed by atoms with E-state index in [0.717, 1.165) is 0 Å². The van der Waals surface area contributed by atoms with Crippen LogP contribution in [-0.2, 0) is 0 Å². The fraction of sp³-hybridized carbons (Fsp3) is 0.0500. The summed E-state index contributed by atoms with van der Waals surface area (Å²) in [4.78, 5) is 25.2. The Bertz CT molecular complexity index is 1020. The Morgan fingerprint density at radius 2 is 1.79 bits per heavy atom. The summed E-state index contributed by atoms with van der Waals surface area (Å²) in [6, 6.07) is 13.5. The second-order valence-corrected chi connectivity index (χ2v) is 6.19. The number of hydrogen-bond donors (Lipinski definition) is 3. The average Bonchev–Trinajstić information content (AvgIpc) is 2.75. The van der Waals surface area contributed by atoms with Crippen LogP contribution in [-0.4, -0.2) is 21.8 Å². The molecule has 1 amide bonds. The van der Waals surface area contributed by atoms with Crippen LogP contribution in [0.15, 0.2) is 78.3 Å². The second kappa shape index (κ2) is 9.82. The van der Waals surface area contributed by atoms with Gasteiger partial charge in [0.2, 0.25) is 5.96 Å². The van der Waals surface area contributed by atoms with Gasteiger partial charge in [0.25, 0.3) is 5.91 Å². The van der Waals surface area contributed by atoms with Crippen LogP contribution in [0.4, 0.5) is 5.69 Å². The van der Waals surface area contributed by atoms with Crippen LogP contribution in [0, 0.1) is 11.5 Å². The molecule has 29 heavy (non-hydrogen) atoms. The minimum absolute atomic E-state index is 0.144. The van der Waals surface area contributed by atoms with Crippen LogP contribution in [0.3, 0.4) is 0 Å². The molecule has 0 aliphatic heterocycles. The number of aromatic nitrogens is 2. The predicted molar refractivity (Wildman–Crippen MR) is 110 cm³/mol. The van der Waals surface area contributed by atoms with Crippen molar-refractivity contribution >= 4 is 29.2 Å². The molecule has 2 heterocycles. The van der Waals surface area contributed by atoms with Crippen LogP contribution < -0.4 is 16.0 Å². The largest absolute Gasteiger partial charge is 0.326 e. The van der Waals surface area contributed by atoms with Gasteiger partial charge in [-0.25, -0.2) is 4.99 Å². The van der Waals surface area contributed by atoms with E-state index < -0.39 is 6.17 Å². The van der Waals surface area contributed by atoms with Crippen molar-refractivity contribution in [2.45, 2.75) is 6.17 Å². The molecule has 1 unspecified atom stereocenters. The number of aliphatic imine (C=N–C) groups is 1. The molecule has 3 aromatic rings. The molecule has 0 fully saturated rings. The highest BCUT2D eigenvalue weighted by molar-refractivity contribution is 6.30. The number of nitrogens with zero attached hydrogens (tertiary/aromatic N) is 4. The first-order valence-electron chi connectivity index (χ1n) is 8.52. The van der Waals surface area contributed by atoms with Crippen LogP contribution in [0.2, 0.25) is 5.02 Å². The molecule has 0 aliphatic carbocycles. The van der Waals surface area contributed by atoms with Gasteiger partial charge >= 0.3 is 0 Å². The number of amides is 1. The lowest BCUT2D eigenvalue weighted by atomic mass is 10.2. The molecule has 0 saturated heterocycles. The van der Waals surface area contributed by atoms with Gasteiger partial charge in [0.05, 0.1) is 11.9 Å². The summed E-state index contributed by atoms with van der Waals surface area (Å²) < 4.78 is 0. The van der Waals surface area contributed by atoms with E-state index in [9.17, 15) is 4.79 Å². The molecule has 1 atom stereocenters. The topological polar surface area (TPSA) is 115 Å². The van der Waals surface area contributed by atoms with E-state index in [2.05, 4.69) is 30.9 Å². The Labute approximate surface area is 172 Å². The summed E-state index contributed by atoms with van der Waals surface area (Å²) in [7, 11) is 0. The maximum Gasteiger partial charge on any atom is 0.253 e.